The first-order valence-electron chi connectivity index (χ1n) is 16.4. The van der Waals surface area contributed by atoms with Crippen molar-refractivity contribution in [3.63, 3.8) is 0 Å². The molecule has 7 N–H and O–H groups in total. The number of aliphatic carboxylic acids is 1. The molecule has 1 saturated heterocycles. The second-order valence-corrected chi connectivity index (χ2v) is 13.6. The minimum Gasteiger partial charge on any atom is -0.476 e. The topological polar surface area (TPSA) is 209 Å². The van der Waals surface area contributed by atoms with Crippen molar-refractivity contribution in [2.45, 2.75) is 117 Å². The van der Waals surface area contributed by atoms with Crippen LogP contribution in [0.1, 0.15) is 78.3 Å². The molecular weight excluding hydrogens is 672 g/mol. The van der Waals surface area contributed by atoms with E-state index in [1.165, 1.54) is 44.1 Å². The molecule has 0 aliphatic carbocycles. The summed E-state index contributed by atoms with van der Waals surface area (Å²) in [6.45, 7) is 15.0. The standard InChI is InChI=1S/C35H47F2N5O9/c1-16-17(2)19(4)24(20(5)18(16)3)13-38-34(7,8)28-14-42(41-40-28)22-9-10-27(23(11-22)32(36)37)50-35(33(48)49)12-25(45)29(39-21(6)44)31(51-35)30(47)26(46)15-43/h9-11,14,25-26,29-32,38,43,45-47H,12-13,15H2,1-8H3,(H,39,44)(H,48,49)/t25-,26+,29+,30+,31+,35+/m0/s1. The fourth-order valence-electron chi connectivity index (χ4n) is 6.27. The molecule has 0 spiro atoms. The molecule has 0 unspecified atom stereocenters. The summed E-state index contributed by atoms with van der Waals surface area (Å²) in [5.74, 6) is -6.01. The van der Waals surface area contributed by atoms with Gasteiger partial charge in [0.1, 0.15) is 29.8 Å². The number of nitrogens with one attached hydrogen (secondary N) is 2. The molecule has 3 aromatic rings. The number of hydrogen-bond donors (Lipinski definition) is 7. The van der Waals surface area contributed by atoms with Crippen molar-refractivity contribution >= 4 is 11.9 Å². The van der Waals surface area contributed by atoms with E-state index in [0.717, 1.165) is 19.1 Å². The Hall–Kier alpha value is -4.06. The van der Waals surface area contributed by atoms with Crippen LogP contribution in [0.15, 0.2) is 24.4 Å². The summed E-state index contributed by atoms with van der Waals surface area (Å²) < 4.78 is 41.5. The van der Waals surface area contributed by atoms with Gasteiger partial charge in [-0.25, -0.2) is 18.3 Å². The molecule has 1 aliphatic rings. The number of rotatable bonds is 13. The highest BCUT2D eigenvalue weighted by molar-refractivity contribution is 5.77. The van der Waals surface area contributed by atoms with Gasteiger partial charge in [-0.1, -0.05) is 5.21 Å². The molecule has 16 heteroatoms. The zero-order chi connectivity index (χ0) is 38.2. The molecule has 2 aromatic carbocycles. The zero-order valence-electron chi connectivity index (χ0n) is 29.9. The largest absolute Gasteiger partial charge is 0.476 e. The maximum Gasteiger partial charge on any atom is 0.377 e. The number of carbonyl (C=O) groups excluding carboxylic acids is 1. The monoisotopic (exact) mass is 719 g/mol. The molecule has 1 amide bonds. The van der Waals surface area contributed by atoms with E-state index in [1.807, 2.05) is 13.8 Å². The van der Waals surface area contributed by atoms with Crippen molar-refractivity contribution in [1.29, 1.82) is 0 Å². The Morgan fingerprint density at radius 1 is 1.10 bits per heavy atom. The normalized spacial score (nSPS) is 22.1. The van der Waals surface area contributed by atoms with Crippen molar-refractivity contribution in [3.05, 3.63) is 69.0 Å². The Morgan fingerprint density at radius 3 is 2.25 bits per heavy atom. The van der Waals surface area contributed by atoms with E-state index in [1.54, 1.807) is 6.20 Å². The highest BCUT2D eigenvalue weighted by atomic mass is 19.3. The predicted molar refractivity (Wildman–Crippen MR) is 180 cm³/mol. The van der Waals surface area contributed by atoms with Crippen molar-refractivity contribution in [1.82, 2.24) is 25.6 Å². The maximum absolute atomic E-state index is 14.5. The predicted octanol–water partition coefficient (Wildman–Crippen LogP) is 2.30. The summed E-state index contributed by atoms with van der Waals surface area (Å²) >= 11 is 0. The lowest BCUT2D eigenvalue weighted by molar-refractivity contribution is -0.284. The molecule has 14 nitrogen and oxygen atoms in total. The average Bonchev–Trinajstić information content (AvgIpc) is 3.58. The first-order valence-corrected chi connectivity index (χ1v) is 16.4. The highest BCUT2D eigenvalue weighted by Gasteiger charge is 2.57. The van der Waals surface area contributed by atoms with Crippen LogP contribution in [-0.2, 0) is 26.4 Å². The van der Waals surface area contributed by atoms with Gasteiger partial charge in [-0.05, 0) is 100 Å². The van der Waals surface area contributed by atoms with Crippen LogP contribution in [0.4, 0.5) is 8.78 Å². The minimum atomic E-state index is -3.18. The number of carbonyl (C=O) groups is 2. The van der Waals surface area contributed by atoms with E-state index in [9.17, 15) is 43.9 Å². The summed E-state index contributed by atoms with van der Waals surface area (Å²) in [7, 11) is 0. The van der Waals surface area contributed by atoms with Crippen LogP contribution in [-0.4, -0.2) is 95.3 Å². The van der Waals surface area contributed by atoms with Gasteiger partial charge in [-0.3, -0.25) is 4.79 Å². The van der Waals surface area contributed by atoms with Gasteiger partial charge < -0.3 is 45.6 Å². The molecule has 2 heterocycles. The molecule has 0 bridgehead atoms. The number of hydrogen-bond acceptors (Lipinski definition) is 11. The third-order valence-electron chi connectivity index (χ3n) is 9.95. The van der Waals surface area contributed by atoms with Crippen molar-refractivity contribution in [2.24, 2.45) is 0 Å². The minimum absolute atomic E-state index is 0.155. The average molecular weight is 720 g/mol. The molecule has 0 saturated carbocycles. The van der Waals surface area contributed by atoms with Crippen LogP contribution in [0, 0.1) is 34.6 Å². The number of amides is 1. The van der Waals surface area contributed by atoms with E-state index in [0.29, 0.717) is 12.2 Å². The van der Waals surface area contributed by atoms with Crippen LogP contribution in [0.5, 0.6) is 5.75 Å². The number of benzene rings is 2. The summed E-state index contributed by atoms with van der Waals surface area (Å²) in [5.41, 5.74) is 6.54. The fourth-order valence-corrected chi connectivity index (χ4v) is 6.27. The van der Waals surface area contributed by atoms with E-state index in [-0.39, 0.29) is 5.69 Å². The summed E-state index contributed by atoms with van der Waals surface area (Å²) in [6, 6.07) is 2.02. The lowest BCUT2D eigenvalue weighted by atomic mass is 9.88. The third kappa shape index (κ3) is 8.05. The van der Waals surface area contributed by atoms with Crippen molar-refractivity contribution in [2.75, 3.05) is 6.61 Å². The zero-order valence-corrected chi connectivity index (χ0v) is 29.9. The number of alkyl halides is 2. The number of carboxylic acid groups (broad SMARTS) is 1. The Bertz CT molecular complexity index is 1740. The third-order valence-corrected chi connectivity index (χ3v) is 9.95. The number of nitrogens with zero attached hydrogens (tertiary/aromatic N) is 3. The lowest BCUT2D eigenvalue weighted by Crippen LogP contribution is -2.68. The van der Waals surface area contributed by atoms with Gasteiger partial charge in [0.2, 0.25) is 5.91 Å². The Balaban J connectivity index is 1.63. The first-order chi connectivity index (χ1) is 23.7. The highest BCUT2D eigenvalue weighted by Crippen LogP contribution is 2.39. The maximum atomic E-state index is 14.5. The Kier molecular flexibility index (Phi) is 11.9. The van der Waals surface area contributed by atoms with E-state index < -0.39 is 84.4 Å². The molecule has 1 aliphatic heterocycles. The van der Waals surface area contributed by atoms with Gasteiger partial charge in [-0.15, -0.1) is 5.10 Å². The van der Waals surface area contributed by atoms with E-state index >= 15 is 0 Å². The van der Waals surface area contributed by atoms with Gasteiger partial charge in [0.25, 0.3) is 6.43 Å². The van der Waals surface area contributed by atoms with E-state index in [4.69, 9.17) is 9.47 Å². The molecule has 6 atom stereocenters. The van der Waals surface area contributed by atoms with Gasteiger partial charge in [0.15, 0.2) is 0 Å². The Labute approximate surface area is 294 Å². The van der Waals surface area contributed by atoms with Gasteiger partial charge in [0, 0.05) is 13.5 Å². The molecule has 280 valence electrons. The van der Waals surface area contributed by atoms with Crippen molar-refractivity contribution < 1.29 is 53.4 Å². The summed E-state index contributed by atoms with van der Waals surface area (Å²) in [5, 5.41) is 65.5. The number of carboxylic acids is 1. The number of aliphatic hydroxyl groups is 4. The van der Waals surface area contributed by atoms with E-state index in [2.05, 4.69) is 55.6 Å². The smallest absolute Gasteiger partial charge is 0.377 e. The molecular formula is C35H47F2N5O9. The second kappa shape index (κ2) is 15.3. The van der Waals surface area contributed by atoms with Crippen LogP contribution >= 0.6 is 0 Å². The van der Waals surface area contributed by atoms with Crippen LogP contribution in [0.3, 0.4) is 0 Å². The molecule has 51 heavy (non-hydrogen) atoms. The quantitative estimate of drug-likeness (QED) is 0.136. The molecule has 0 radical (unpaired) electrons. The second-order valence-electron chi connectivity index (χ2n) is 13.6. The van der Waals surface area contributed by atoms with Gasteiger partial charge >= 0.3 is 11.8 Å². The van der Waals surface area contributed by atoms with Crippen molar-refractivity contribution in [3.8, 4) is 11.4 Å². The molecule has 1 aromatic heterocycles. The Morgan fingerprint density at radius 2 is 1.71 bits per heavy atom. The number of aliphatic hydroxyl groups excluding tert-OH is 4. The summed E-state index contributed by atoms with van der Waals surface area (Å²) in [4.78, 5) is 24.4. The van der Waals surface area contributed by atoms with Crippen LogP contribution in [0.25, 0.3) is 5.69 Å². The number of aromatic nitrogens is 3. The molecule has 1 fully saturated rings. The van der Waals surface area contributed by atoms with Crippen LogP contribution < -0.4 is 15.4 Å². The summed E-state index contributed by atoms with van der Waals surface area (Å²) in [6.07, 6.45) is -9.97. The molecule has 4 rings (SSSR count). The SMILES string of the molecule is CC(=O)N[C@H]1[C@H]([C@H](O)[C@H](O)CO)O[C@@](Oc2ccc(-n3cc(C(C)(C)NCc4c(C)c(C)c(C)c(C)c4C)nn3)cc2C(F)F)(C(=O)O)C[C@@H]1O. The number of halogens is 2. The van der Waals surface area contributed by atoms with Crippen LogP contribution in [0.2, 0.25) is 0 Å². The van der Waals surface area contributed by atoms with Gasteiger partial charge in [-0.2, -0.15) is 0 Å². The fraction of sp³-hybridized carbons (Fsp3) is 0.543. The number of ether oxygens (including phenoxy) is 2. The van der Waals surface area contributed by atoms with Gasteiger partial charge in [0.05, 0.1) is 48.2 Å². The first kappa shape index (κ1) is 39.7. The lowest BCUT2D eigenvalue weighted by Gasteiger charge is -2.46.